The summed E-state index contributed by atoms with van der Waals surface area (Å²) in [5, 5.41) is 2.57. The first-order chi connectivity index (χ1) is 9.83. The van der Waals surface area contributed by atoms with E-state index < -0.39 is 0 Å². The van der Waals surface area contributed by atoms with E-state index in [0.29, 0.717) is 0 Å². The molecule has 0 aliphatic rings. The van der Waals surface area contributed by atoms with Gasteiger partial charge in [-0.05, 0) is 41.3 Å². The van der Waals surface area contributed by atoms with Gasteiger partial charge in [0.25, 0.3) is 0 Å². The highest BCUT2D eigenvalue weighted by Gasteiger charge is 1.99. The van der Waals surface area contributed by atoms with Gasteiger partial charge in [-0.1, -0.05) is 63.8 Å². The average molecular weight is 270 g/mol. The molecule has 0 heterocycles. The van der Waals surface area contributed by atoms with Crippen LogP contribution >= 0.6 is 0 Å². The number of ether oxygens (including phenoxy) is 1. The van der Waals surface area contributed by atoms with Crippen LogP contribution in [0.15, 0.2) is 36.4 Å². The summed E-state index contributed by atoms with van der Waals surface area (Å²) < 4.78 is 5.85. The third-order valence-electron chi connectivity index (χ3n) is 3.80. The van der Waals surface area contributed by atoms with Gasteiger partial charge in [-0.2, -0.15) is 0 Å². The van der Waals surface area contributed by atoms with Crippen molar-refractivity contribution in [1.29, 1.82) is 0 Å². The van der Waals surface area contributed by atoms with Crippen molar-refractivity contribution in [2.24, 2.45) is 0 Å². The molecule has 0 bridgehead atoms. The lowest BCUT2D eigenvalue weighted by atomic mass is 10.1. The fourth-order valence-electron chi connectivity index (χ4n) is 2.48. The molecule has 108 valence electrons. The summed E-state index contributed by atoms with van der Waals surface area (Å²) in [4.78, 5) is 0. The fraction of sp³-hybridized carbons (Fsp3) is 0.474. The van der Waals surface area contributed by atoms with Crippen LogP contribution in [-0.4, -0.2) is 6.61 Å². The van der Waals surface area contributed by atoms with Crippen LogP contribution in [0.2, 0.25) is 0 Å². The van der Waals surface area contributed by atoms with E-state index in [1.807, 2.05) is 0 Å². The molecular weight excluding hydrogens is 244 g/mol. The molecule has 1 heteroatoms. The molecule has 0 saturated heterocycles. The van der Waals surface area contributed by atoms with E-state index in [9.17, 15) is 0 Å². The predicted octanol–water partition coefficient (Wildman–Crippen LogP) is 5.75. The van der Waals surface area contributed by atoms with Crippen LogP contribution in [0.3, 0.4) is 0 Å². The number of benzene rings is 2. The van der Waals surface area contributed by atoms with Crippen molar-refractivity contribution in [3.8, 4) is 5.75 Å². The lowest BCUT2D eigenvalue weighted by Gasteiger charge is -2.08. The number of rotatable bonds is 8. The van der Waals surface area contributed by atoms with Gasteiger partial charge in [0, 0.05) is 0 Å². The van der Waals surface area contributed by atoms with Gasteiger partial charge in [0.2, 0.25) is 0 Å². The predicted molar refractivity (Wildman–Crippen MR) is 87.6 cm³/mol. The lowest BCUT2D eigenvalue weighted by molar-refractivity contribution is 0.305. The molecule has 0 aliphatic heterocycles. The SMILES string of the molecule is CCCCCCCOc1ccc2cc(CC)ccc2c1. The average Bonchev–Trinajstić information content (AvgIpc) is 2.50. The van der Waals surface area contributed by atoms with Crippen LogP contribution in [0.25, 0.3) is 10.8 Å². The Bertz CT molecular complexity index is 530. The topological polar surface area (TPSA) is 9.23 Å². The summed E-state index contributed by atoms with van der Waals surface area (Å²) in [7, 11) is 0. The zero-order valence-electron chi connectivity index (χ0n) is 12.8. The fourth-order valence-corrected chi connectivity index (χ4v) is 2.48. The van der Waals surface area contributed by atoms with Crippen LogP contribution in [0.1, 0.15) is 51.5 Å². The summed E-state index contributed by atoms with van der Waals surface area (Å²) in [6.45, 7) is 5.27. The molecule has 2 aromatic rings. The monoisotopic (exact) mass is 270 g/mol. The van der Waals surface area contributed by atoms with Crippen LogP contribution in [-0.2, 0) is 6.42 Å². The molecule has 0 saturated carbocycles. The first-order valence-electron chi connectivity index (χ1n) is 7.99. The molecule has 0 aliphatic carbocycles. The zero-order valence-corrected chi connectivity index (χ0v) is 12.8. The van der Waals surface area contributed by atoms with E-state index in [4.69, 9.17) is 4.74 Å². The number of fused-ring (bicyclic) bond motifs is 1. The highest BCUT2D eigenvalue weighted by Crippen LogP contribution is 2.22. The molecule has 0 fully saturated rings. The summed E-state index contributed by atoms with van der Waals surface area (Å²) in [6, 6.07) is 13.1. The van der Waals surface area contributed by atoms with Crippen molar-refractivity contribution in [2.45, 2.75) is 52.4 Å². The van der Waals surface area contributed by atoms with Gasteiger partial charge < -0.3 is 4.74 Å². The van der Waals surface area contributed by atoms with Crippen molar-refractivity contribution in [3.05, 3.63) is 42.0 Å². The Morgan fingerprint density at radius 3 is 2.35 bits per heavy atom. The van der Waals surface area contributed by atoms with Gasteiger partial charge >= 0.3 is 0 Å². The van der Waals surface area contributed by atoms with Crippen LogP contribution in [0.4, 0.5) is 0 Å². The summed E-state index contributed by atoms with van der Waals surface area (Å²) >= 11 is 0. The maximum atomic E-state index is 5.85. The number of hydrogen-bond acceptors (Lipinski definition) is 1. The van der Waals surface area contributed by atoms with E-state index in [1.165, 1.54) is 42.0 Å². The number of unbranched alkanes of at least 4 members (excludes halogenated alkanes) is 4. The molecule has 0 radical (unpaired) electrons. The second-order valence-electron chi connectivity index (χ2n) is 5.46. The second-order valence-corrected chi connectivity index (χ2v) is 5.46. The van der Waals surface area contributed by atoms with Gasteiger partial charge in [-0.3, -0.25) is 0 Å². The largest absolute Gasteiger partial charge is 0.494 e. The molecular formula is C19H26O. The van der Waals surface area contributed by atoms with Gasteiger partial charge in [0.1, 0.15) is 5.75 Å². The molecule has 0 spiro atoms. The van der Waals surface area contributed by atoms with E-state index in [-0.39, 0.29) is 0 Å². The molecule has 0 atom stereocenters. The Morgan fingerprint density at radius 1 is 0.800 bits per heavy atom. The second kappa shape index (κ2) is 7.94. The first-order valence-corrected chi connectivity index (χ1v) is 7.99. The smallest absolute Gasteiger partial charge is 0.119 e. The van der Waals surface area contributed by atoms with Gasteiger partial charge in [0.15, 0.2) is 0 Å². The lowest BCUT2D eigenvalue weighted by Crippen LogP contribution is -1.97. The zero-order chi connectivity index (χ0) is 14.2. The van der Waals surface area contributed by atoms with Crippen molar-refractivity contribution >= 4 is 10.8 Å². The van der Waals surface area contributed by atoms with Crippen LogP contribution in [0, 0.1) is 0 Å². The standard InChI is InChI=1S/C19H26O/c1-3-5-6-7-8-13-20-19-12-11-17-14-16(4-2)9-10-18(17)15-19/h9-12,14-15H,3-8,13H2,1-2H3. The molecule has 0 amide bonds. The summed E-state index contributed by atoms with van der Waals surface area (Å²) in [6.07, 6.45) is 7.50. The molecule has 1 nitrogen and oxygen atoms in total. The van der Waals surface area contributed by atoms with Crippen molar-refractivity contribution in [1.82, 2.24) is 0 Å². The molecule has 2 aromatic carbocycles. The highest BCUT2D eigenvalue weighted by atomic mass is 16.5. The molecule has 0 N–H and O–H groups in total. The van der Waals surface area contributed by atoms with E-state index in [0.717, 1.165) is 25.2 Å². The molecule has 2 rings (SSSR count). The van der Waals surface area contributed by atoms with Crippen molar-refractivity contribution < 1.29 is 4.74 Å². The number of hydrogen-bond donors (Lipinski definition) is 0. The molecule has 20 heavy (non-hydrogen) atoms. The van der Waals surface area contributed by atoms with Crippen molar-refractivity contribution in [2.75, 3.05) is 6.61 Å². The van der Waals surface area contributed by atoms with Crippen LogP contribution < -0.4 is 4.74 Å². The van der Waals surface area contributed by atoms with Gasteiger partial charge in [0.05, 0.1) is 6.61 Å². The minimum Gasteiger partial charge on any atom is -0.494 e. The summed E-state index contributed by atoms with van der Waals surface area (Å²) in [5.41, 5.74) is 1.39. The molecule has 0 aromatic heterocycles. The molecule has 0 unspecified atom stereocenters. The Labute approximate surface area is 123 Å². The number of aryl methyl sites for hydroxylation is 1. The van der Waals surface area contributed by atoms with Gasteiger partial charge in [-0.15, -0.1) is 0 Å². The Balaban J connectivity index is 1.88. The minimum absolute atomic E-state index is 0.836. The first kappa shape index (κ1) is 14.9. The van der Waals surface area contributed by atoms with Crippen molar-refractivity contribution in [3.63, 3.8) is 0 Å². The third-order valence-corrected chi connectivity index (χ3v) is 3.80. The normalized spacial score (nSPS) is 10.9. The van der Waals surface area contributed by atoms with E-state index >= 15 is 0 Å². The third kappa shape index (κ3) is 4.26. The Morgan fingerprint density at radius 2 is 1.55 bits per heavy atom. The van der Waals surface area contributed by atoms with Crippen LogP contribution in [0.5, 0.6) is 5.75 Å². The quantitative estimate of drug-likeness (QED) is 0.555. The maximum absolute atomic E-state index is 5.85. The van der Waals surface area contributed by atoms with E-state index in [2.05, 4.69) is 50.2 Å². The summed E-state index contributed by atoms with van der Waals surface area (Å²) in [5.74, 6) is 0.997. The minimum atomic E-state index is 0.836. The van der Waals surface area contributed by atoms with Gasteiger partial charge in [-0.25, -0.2) is 0 Å². The highest BCUT2D eigenvalue weighted by molar-refractivity contribution is 5.84. The Hall–Kier alpha value is -1.50. The maximum Gasteiger partial charge on any atom is 0.119 e. The van der Waals surface area contributed by atoms with E-state index in [1.54, 1.807) is 0 Å². The Kier molecular flexibility index (Phi) is 5.91.